The highest BCUT2D eigenvalue weighted by Crippen LogP contribution is 2.22. The minimum absolute atomic E-state index is 0.113. The van der Waals surface area contributed by atoms with Gasteiger partial charge in [-0.25, -0.2) is 0 Å². The first-order valence-corrected chi connectivity index (χ1v) is 7.17. The standard InChI is InChI=1S/C18H20N2O2/c1-5-6-13-7-9-14(10-8-13)19-17(21)12-15-11-16(22-20-15)18(2,3)4/h7-11H,12H2,1-4H3,(H,19,21). The molecule has 0 fully saturated rings. The molecule has 2 rings (SSSR count). The minimum atomic E-state index is -0.122. The highest BCUT2D eigenvalue weighted by atomic mass is 16.5. The van der Waals surface area contributed by atoms with Crippen molar-refractivity contribution < 1.29 is 9.32 Å². The van der Waals surface area contributed by atoms with Gasteiger partial charge in [0.25, 0.3) is 0 Å². The molecule has 0 spiro atoms. The third kappa shape index (κ3) is 4.23. The van der Waals surface area contributed by atoms with E-state index in [2.05, 4.69) is 22.3 Å². The molecular formula is C18H20N2O2. The molecule has 2 aromatic rings. The van der Waals surface area contributed by atoms with Gasteiger partial charge in [0, 0.05) is 22.7 Å². The lowest BCUT2D eigenvalue weighted by Gasteiger charge is -2.12. The maximum absolute atomic E-state index is 12.0. The van der Waals surface area contributed by atoms with Gasteiger partial charge in [-0.15, -0.1) is 5.92 Å². The number of anilines is 1. The van der Waals surface area contributed by atoms with Crippen LogP contribution in [0.1, 0.15) is 44.7 Å². The Labute approximate surface area is 130 Å². The average molecular weight is 296 g/mol. The van der Waals surface area contributed by atoms with Crippen LogP contribution in [-0.2, 0) is 16.6 Å². The Balaban J connectivity index is 1.97. The Morgan fingerprint density at radius 2 is 1.95 bits per heavy atom. The molecule has 1 heterocycles. The van der Waals surface area contributed by atoms with Crippen molar-refractivity contribution in [3.05, 3.63) is 47.3 Å². The summed E-state index contributed by atoms with van der Waals surface area (Å²) in [5.41, 5.74) is 2.19. The van der Waals surface area contributed by atoms with Crippen LogP contribution in [0.5, 0.6) is 0 Å². The summed E-state index contributed by atoms with van der Waals surface area (Å²) in [5, 5.41) is 6.79. The Hall–Kier alpha value is -2.54. The van der Waals surface area contributed by atoms with Crippen LogP contribution in [0.25, 0.3) is 0 Å². The molecule has 22 heavy (non-hydrogen) atoms. The number of amides is 1. The number of carbonyl (C=O) groups is 1. The molecule has 0 aliphatic carbocycles. The number of carbonyl (C=O) groups excluding carboxylic acids is 1. The van der Waals surface area contributed by atoms with Gasteiger partial charge in [0.05, 0.1) is 12.1 Å². The molecule has 0 saturated carbocycles. The Kier molecular flexibility index (Phi) is 4.67. The van der Waals surface area contributed by atoms with Crippen LogP contribution < -0.4 is 5.32 Å². The fourth-order valence-corrected chi connectivity index (χ4v) is 1.90. The van der Waals surface area contributed by atoms with Crippen molar-refractivity contribution in [2.24, 2.45) is 0 Å². The fraction of sp³-hybridized carbons (Fsp3) is 0.333. The van der Waals surface area contributed by atoms with Gasteiger partial charge in [0.1, 0.15) is 5.76 Å². The first-order chi connectivity index (χ1) is 10.4. The Morgan fingerprint density at radius 1 is 1.27 bits per heavy atom. The van der Waals surface area contributed by atoms with E-state index in [9.17, 15) is 4.79 Å². The minimum Gasteiger partial charge on any atom is -0.361 e. The zero-order valence-corrected chi connectivity index (χ0v) is 13.4. The van der Waals surface area contributed by atoms with Crippen LogP contribution in [0, 0.1) is 11.8 Å². The van der Waals surface area contributed by atoms with Gasteiger partial charge in [-0.1, -0.05) is 31.8 Å². The van der Waals surface area contributed by atoms with E-state index in [0.29, 0.717) is 5.69 Å². The lowest BCUT2D eigenvalue weighted by molar-refractivity contribution is -0.115. The predicted molar refractivity (Wildman–Crippen MR) is 86.5 cm³/mol. The Morgan fingerprint density at radius 3 is 2.50 bits per heavy atom. The van der Waals surface area contributed by atoms with Gasteiger partial charge in [-0.2, -0.15) is 0 Å². The molecule has 4 nitrogen and oxygen atoms in total. The van der Waals surface area contributed by atoms with E-state index in [1.807, 2.05) is 51.1 Å². The molecule has 0 saturated heterocycles. The number of nitrogens with one attached hydrogen (secondary N) is 1. The normalized spacial score (nSPS) is 10.7. The van der Waals surface area contributed by atoms with E-state index in [1.54, 1.807) is 6.92 Å². The largest absolute Gasteiger partial charge is 0.361 e. The van der Waals surface area contributed by atoms with Gasteiger partial charge >= 0.3 is 0 Å². The van der Waals surface area contributed by atoms with Gasteiger partial charge in [0.15, 0.2) is 0 Å². The molecule has 1 aromatic carbocycles. The highest BCUT2D eigenvalue weighted by molar-refractivity contribution is 5.92. The van der Waals surface area contributed by atoms with Crippen molar-refractivity contribution in [3.63, 3.8) is 0 Å². The molecule has 114 valence electrons. The number of benzene rings is 1. The van der Waals surface area contributed by atoms with E-state index in [1.165, 1.54) is 0 Å². The summed E-state index contributed by atoms with van der Waals surface area (Å²) >= 11 is 0. The monoisotopic (exact) mass is 296 g/mol. The molecule has 1 aromatic heterocycles. The van der Waals surface area contributed by atoms with E-state index < -0.39 is 0 Å². The van der Waals surface area contributed by atoms with Crippen LogP contribution in [-0.4, -0.2) is 11.1 Å². The SMILES string of the molecule is CC#Cc1ccc(NC(=O)Cc2cc(C(C)(C)C)on2)cc1. The zero-order chi connectivity index (χ0) is 16.2. The quantitative estimate of drug-likeness (QED) is 0.882. The molecule has 0 aliphatic rings. The van der Waals surface area contributed by atoms with E-state index in [-0.39, 0.29) is 17.7 Å². The second-order valence-corrected chi connectivity index (χ2v) is 6.11. The Bertz CT molecular complexity index is 710. The van der Waals surface area contributed by atoms with Crippen LogP contribution in [0.3, 0.4) is 0 Å². The molecule has 1 N–H and O–H groups in total. The third-order valence-electron chi connectivity index (χ3n) is 3.08. The number of hydrogen-bond acceptors (Lipinski definition) is 3. The summed E-state index contributed by atoms with van der Waals surface area (Å²) in [7, 11) is 0. The smallest absolute Gasteiger partial charge is 0.230 e. The molecule has 0 bridgehead atoms. The topological polar surface area (TPSA) is 55.1 Å². The zero-order valence-electron chi connectivity index (χ0n) is 13.4. The van der Waals surface area contributed by atoms with E-state index >= 15 is 0 Å². The van der Waals surface area contributed by atoms with Crippen LogP contribution >= 0.6 is 0 Å². The van der Waals surface area contributed by atoms with E-state index in [4.69, 9.17) is 4.52 Å². The molecule has 0 radical (unpaired) electrons. The second-order valence-electron chi connectivity index (χ2n) is 6.11. The summed E-state index contributed by atoms with van der Waals surface area (Å²) in [6, 6.07) is 9.25. The number of hydrogen-bond donors (Lipinski definition) is 1. The van der Waals surface area contributed by atoms with Crippen molar-refractivity contribution >= 4 is 11.6 Å². The number of aromatic nitrogens is 1. The first-order valence-electron chi connectivity index (χ1n) is 7.17. The first kappa shape index (κ1) is 15.8. The summed E-state index contributed by atoms with van der Waals surface area (Å²) in [4.78, 5) is 12.0. The summed E-state index contributed by atoms with van der Waals surface area (Å²) < 4.78 is 5.28. The maximum Gasteiger partial charge on any atom is 0.230 e. The molecule has 0 aliphatic heterocycles. The van der Waals surface area contributed by atoms with Crippen LogP contribution in [0.15, 0.2) is 34.9 Å². The molecule has 0 atom stereocenters. The second kappa shape index (κ2) is 6.48. The maximum atomic E-state index is 12.0. The highest BCUT2D eigenvalue weighted by Gasteiger charge is 2.20. The van der Waals surface area contributed by atoms with Crippen LogP contribution in [0.2, 0.25) is 0 Å². The van der Waals surface area contributed by atoms with Crippen molar-refractivity contribution in [1.82, 2.24) is 5.16 Å². The lowest BCUT2D eigenvalue weighted by Crippen LogP contribution is -2.14. The summed E-state index contributed by atoms with van der Waals surface area (Å²) in [6.07, 6.45) is 0.191. The molecule has 1 amide bonds. The molecular weight excluding hydrogens is 276 g/mol. The third-order valence-corrected chi connectivity index (χ3v) is 3.08. The number of rotatable bonds is 3. The summed E-state index contributed by atoms with van der Waals surface area (Å²) in [5.74, 6) is 6.45. The predicted octanol–water partition coefficient (Wildman–Crippen LogP) is 3.52. The average Bonchev–Trinajstić information content (AvgIpc) is 2.89. The van der Waals surface area contributed by atoms with Gasteiger partial charge < -0.3 is 9.84 Å². The molecule has 0 unspecified atom stereocenters. The van der Waals surface area contributed by atoms with Gasteiger partial charge in [-0.3, -0.25) is 4.79 Å². The van der Waals surface area contributed by atoms with E-state index in [0.717, 1.165) is 17.0 Å². The summed E-state index contributed by atoms with van der Waals surface area (Å²) in [6.45, 7) is 7.91. The van der Waals surface area contributed by atoms with Crippen molar-refractivity contribution in [1.29, 1.82) is 0 Å². The van der Waals surface area contributed by atoms with Crippen molar-refractivity contribution in [2.75, 3.05) is 5.32 Å². The lowest BCUT2D eigenvalue weighted by atomic mass is 9.93. The fourth-order valence-electron chi connectivity index (χ4n) is 1.90. The molecule has 4 heteroatoms. The van der Waals surface area contributed by atoms with Crippen molar-refractivity contribution in [2.45, 2.75) is 39.5 Å². The van der Waals surface area contributed by atoms with Crippen molar-refractivity contribution in [3.8, 4) is 11.8 Å². The van der Waals surface area contributed by atoms with Crippen LogP contribution in [0.4, 0.5) is 5.69 Å². The van der Waals surface area contributed by atoms with Gasteiger partial charge in [0.2, 0.25) is 5.91 Å². The van der Waals surface area contributed by atoms with Gasteiger partial charge in [-0.05, 0) is 31.2 Å². The number of nitrogens with zero attached hydrogens (tertiary/aromatic N) is 1.